The van der Waals surface area contributed by atoms with E-state index in [0.29, 0.717) is 18.4 Å². The highest BCUT2D eigenvalue weighted by Crippen LogP contribution is 2.67. The van der Waals surface area contributed by atoms with Gasteiger partial charge in [-0.1, -0.05) is 65.5 Å². The van der Waals surface area contributed by atoms with Crippen molar-refractivity contribution in [3.05, 3.63) is 11.6 Å². The highest BCUT2D eigenvalue weighted by Gasteiger charge is 2.59. The van der Waals surface area contributed by atoms with Crippen LogP contribution < -0.4 is 0 Å². The van der Waals surface area contributed by atoms with Gasteiger partial charge in [-0.3, -0.25) is 9.59 Å². The molecule has 8 atom stereocenters. The summed E-state index contributed by atoms with van der Waals surface area (Å²) in [5, 5.41) is 0. The molecule has 0 aliphatic heterocycles. The molecule has 0 aromatic carbocycles. The summed E-state index contributed by atoms with van der Waals surface area (Å²) < 4.78 is 17.4. The number of hydrogen-bond acceptors (Lipinski definition) is 5. The second-order valence-electron chi connectivity index (χ2n) is 18.1. The van der Waals surface area contributed by atoms with Crippen molar-refractivity contribution in [3.63, 3.8) is 0 Å². The van der Waals surface area contributed by atoms with Crippen LogP contribution in [0.25, 0.3) is 0 Å². The van der Waals surface area contributed by atoms with Crippen LogP contribution in [0.15, 0.2) is 11.6 Å². The lowest BCUT2D eigenvalue weighted by Crippen LogP contribution is -2.51. The van der Waals surface area contributed by atoms with Gasteiger partial charge in [0, 0.05) is 12.8 Å². The fraction of sp³-hybridized carbons (Fsp3) is 0.900. The van der Waals surface area contributed by atoms with Crippen molar-refractivity contribution < 1.29 is 23.8 Å². The molecule has 3 fully saturated rings. The zero-order chi connectivity index (χ0) is 33.2. The number of rotatable bonds is 13. The molecule has 4 aliphatic rings. The van der Waals surface area contributed by atoms with Crippen molar-refractivity contribution >= 4 is 11.9 Å². The summed E-state index contributed by atoms with van der Waals surface area (Å²) in [5.74, 6) is 4.32. The molecule has 0 bridgehead atoms. The second-order valence-corrected chi connectivity index (χ2v) is 18.1. The molecule has 0 spiro atoms. The molecule has 5 heteroatoms. The van der Waals surface area contributed by atoms with Gasteiger partial charge in [0.25, 0.3) is 0 Å². The van der Waals surface area contributed by atoms with E-state index >= 15 is 0 Å². The largest absolute Gasteiger partial charge is 0.462 e. The van der Waals surface area contributed by atoms with Crippen molar-refractivity contribution in [2.24, 2.45) is 46.3 Å². The van der Waals surface area contributed by atoms with Gasteiger partial charge in [0.15, 0.2) is 0 Å². The van der Waals surface area contributed by atoms with E-state index in [1.54, 1.807) is 0 Å². The summed E-state index contributed by atoms with van der Waals surface area (Å²) in [4.78, 5) is 25.3. The topological polar surface area (TPSA) is 61.8 Å². The van der Waals surface area contributed by atoms with Crippen LogP contribution >= 0.6 is 0 Å². The first-order chi connectivity index (χ1) is 20.9. The zero-order valence-electron chi connectivity index (χ0n) is 30.8. The van der Waals surface area contributed by atoms with Crippen molar-refractivity contribution in [2.75, 3.05) is 6.61 Å². The highest BCUT2D eigenvalue weighted by atomic mass is 16.6. The van der Waals surface area contributed by atoms with Gasteiger partial charge in [0.2, 0.25) is 0 Å². The molecule has 0 radical (unpaired) electrons. The van der Waals surface area contributed by atoms with Gasteiger partial charge in [0.05, 0.1) is 25.0 Å². The van der Waals surface area contributed by atoms with Crippen molar-refractivity contribution in [2.45, 2.75) is 176 Å². The van der Waals surface area contributed by atoms with Gasteiger partial charge in [-0.05, 0) is 126 Å². The Morgan fingerprint density at radius 2 is 1.62 bits per heavy atom. The lowest BCUT2D eigenvalue weighted by atomic mass is 9.47. The smallest absolute Gasteiger partial charge is 0.306 e. The van der Waals surface area contributed by atoms with E-state index in [2.05, 4.69) is 40.7 Å². The van der Waals surface area contributed by atoms with E-state index in [0.717, 1.165) is 54.8 Å². The molecule has 0 heterocycles. The Balaban J connectivity index is 1.26. The van der Waals surface area contributed by atoms with Gasteiger partial charge in [-0.15, -0.1) is 0 Å². The Morgan fingerprint density at radius 3 is 2.31 bits per heavy atom. The van der Waals surface area contributed by atoms with E-state index in [1.807, 2.05) is 34.6 Å². The van der Waals surface area contributed by atoms with Crippen LogP contribution in [-0.4, -0.2) is 35.9 Å². The van der Waals surface area contributed by atoms with E-state index in [-0.39, 0.29) is 41.9 Å². The average molecular weight is 629 g/mol. The lowest BCUT2D eigenvalue weighted by molar-refractivity contribution is -0.163. The van der Waals surface area contributed by atoms with E-state index < -0.39 is 5.60 Å². The Hall–Kier alpha value is -1.36. The van der Waals surface area contributed by atoms with Gasteiger partial charge in [-0.2, -0.15) is 0 Å². The third kappa shape index (κ3) is 8.96. The first kappa shape index (κ1) is 36.5. The first-order valence-electron chi connectivity index (χ1n) is 18.7. The van der Waals surface area contributed by atoms with Crippen LogP contribution in [0.5, 0.6) is 0 Å². The summed E-state index contributed by atoms with van der Waals surface area (Å²) in [6.45, 7) is 22.8. The fourth-order valence-corrected chi connectivity index (χ4v) is 10.2. The summed E-state index contributed by atoms with van der Waals surface area (Å²) in [6, 6.07) is 0. The molecular weight excluding hydrogens is 560 g/mol. The number of esters is 2. The van der Waals surface area contributed by atoms with Crippen LogP contribution in [-0.2, 0) is 23.8 Å². The second kappa shape index (κ2) is 14.4. The molecule has 2 unspecified atom stereocenters. The van der Waals surface area contributed by atoms with Crippen LogP contribution in [0.3, 0.4) is 0 Å². The number of carbonyl (C=O) groups is 2. The quantitative estimate of drug-likeness (QED) is 0.150. The normalized spacial score (nSPS) is 33.9. The van der Waals surface area contributed by atoms with Crippen molar-refractivity contribution in [1.82, 2.24) is 0 Å². The SMILES string of the molecule is CC(C)CCCC(C)C1CC[C@H]2[C@@H]3CC=C4C[C@@H](OC(=O)CCC(=O)OC(C)(C)CCOC(C)(C)C)CC[C@]4(C)[C@H]3CC[C@]12C. The van der Waals surface area contributed by atoms with Crippen LogP contribution in [0.4, 0.5) is 0 Å². The fourth-order valence-electron chi connectivity index (χ4n) is 10.2. The minimum atomic E-state index is -0.632. The Labute approximate surface area is 276 Å². The maximum atomic E-state index is 12.8. The minimum absolute atomic E-state index is 0.0524. The van der Waals surface area contributed by atoms with Gasteiger partial charge in [0.1, 0.15) is 11.7 Å². The number of allylic oxidation sites excluding steroid dienone is 1. The first-order valence-corrected chi connectivity index (χ1v) is 18.7. The summed E-state index contributed by atoms with van der Waals surface area (Å²) >= 11 is 0. The maximum Gasteiger partial charge on any atom is 0.306 e. The summed E-state index contributed by atoms with van der Waals surface area (Å²) in [7, 11) is 0. The number of fused-ring (bicyclic) bond motifs is 5. The third-order valence-electron chi connectivity index (χ3n) is 12.7. The molecular formula is C40H68O5. The number of carbonyl (C=O) groups excluding carboxylic acids is 2. The molecule has 0 amide bonds. The molecule has 0 N–H and O–H groups in total. The standard InChI is InChI=1S/C40H68O5/c1-27(2)12-11-13-28(3)32-16-17-33-31-15-14-29-26-30(20-22-39(29,9)34(31)21-23-40(32,33)10)44-35(41)18-19-36(42)45-38(7,8)24-25-43-37(4,5)6/h14,27-28,30-34H,11-13,15-26H2,1-10H3/t28?,30-,31-,32?,33-,34-,39-,40+/m0/s1. The van der Waals surface area contributed by atoms with E-state index in [1.165, 1.54) is 56.9 Å². The Morgan fingerprint density at radius 1 is 0.911 bits per heavy atom. The number of hydrogen-bond donors (Lipinski definition) is 0. The van der Waals surface area contributed by atoms with E-state index in [4.69, 9.17) is 14.2 Å². The van der Waals surface area contributed by atoms with Crippen LogP contribution in [0, 0.1) is 46.3 Å². The molecule has 3 saturated carbocycles. The van der Waals surface area contributed by atoms with Crippen molar-refractivity contribution in [3.8, 4) is 0 Å². The zero-order valence-corrected chi connectivity index (χ0v) is 30.8. The highest BCUT2D eigenvalue weighted by molar-refractivity contribution is 5.78. The minimum Gasteiger partial charge on any atom is -0.462 e. The predicted octanol–water partition coefficient (Wildman–Crippen LogP) is 10.2. The number of ether oxygens (including phenoxy) is 3. The molecule has 4 aliphatic carbocycles. The lowest BCUT2D eigenvalue weighted by Gasteiger charge is -2.58. The Bertz CT molecular complexity index is 1050. The van der Waals surface area contributed by atoms with Crippen LogP contribution in [0.1, 0.15) is 159 Å². The van der Waals surface area contributed by atoms with Gasteiger partial charge in [-0.25, -0.2) is 0 Å². The van der Waals surface area contributed by atoms with Crippen LogP contribution in [0.2, 0.25) is 0 Å². The van der Waals surface area contributed by atoms with Crippen molar-refractivity contribution in [1.29, 1.82) is 0 Å². The molecule has 0 aromatic heterocycles. The molecule has 0 aromatic rings. The van der Waals surface area contributed by atoms with E-state index in [9.17, 15) is 9.59 Å². The predicted molar refractivity (Wildman–Crippen MR) is 183 cm³/mol. The summed E-state index contributed by atoms with van der Waals surface area (Å²) in [6.07, 6.45) is 17.0. The summed E-state index contributed by atoms with van der Waals surface area (Å²) in [5.41, 5.74) is 1.42. The molecule has 0 saturated heterocycles. The maximum absolute atomic E-state index is 12.8. The van der Waals surface area contributed by atoms with Gasteiger partial charge >= 0.3 is 11.9 Å². The average Bonchev–Trinajstić information content (AvgIpc) is 3.28. The molecule has 4 rings (SSSR count). The molecule has 258 valence electrons. The Kier molecular flexibility index (Phi) is 11.7. The molecule has 5 nitrogen and oxygen atoms in total. The van der Waals surface area contributed by atoms with Gasteiger partial charge < -0.3 is 14.2 Å². The third-order valence-corrected chi connectivity index (χ3v) is 12.7. The molecule has 45 heavy (non-hydrogen) atoms. The monoisotopic (exact) mass is 629 g/mol.